The van der Waals surface area contributed by atoms with Crippen molar-refractivity contribution < 1.29 is 8.78 Å². The van der Waals surface area contributed by atoms with Gasteiger partial charge in [-0.15, -0.1) is 0 Å². The molecular formula is C18H21F2N. The fraction of sp³-hybridized carbons (Fsp3) is 0.333. The van der Waals surface area contributed by atoms with Crippen LogP contribution in [-0.4, -0.2) is 13.1 Å². The van der Waals surface area contributed by atoms with Crippen LogP contribution in [0, 0.1) is 11.6 Å². The molecule has 21 heavy (non-hydrogen) atoms. The Morgan fingerprint density at radius 1 is 0.952 bits per heavy atom. The number of benzene rings is 2. The molecule has 0 spiro atoms. The Morgan fingerprint density at radius 3 is 2.38 bits per heavy atom. The number of hydrogen-bond donors (Lipinski definition) is 1. The van der Waals surface area contributed by atoms with Crippen LogP contribution in [0.2, 0.25) is 0 Å². The fourth-order valence-electron chi connectivity index (χ4n) is 2.50. The van der Waals surface area contributed by atoms with Gasteiger partial charge in [-0.25, -0.2) is 8.78 Å². The van der Waals surface area contributed by atoms with Gasteiger partial charge in [-0.05, 0) is 56.0 Å². The quantitative estimate of drug-likeness (QED) is 0.808. The van der Waals surface area contributed by atoms with E-state index in [4.69, 9.17) is 0 Å². The Kier molecular flexibility index (Phi) is 5.88. The molecule has 0 aliphatic rings. The Balaban J connectivity index is 1.84. The highest BCUT2D eigenvalue weighted by atomic mass is 19.2. The van der Waals surface area contributed by atoms with Gasteiger partial charge in [0, 0.05) is 6.04 Å². The third-order valence-electron chi connectivity index (χ3n) is 3.74. The summed E-state index contributed by atoms with van der Waals surface area (Å²) < 4.78 is 26.1. The van der Waals surface area contributed by atoms with Crippen LogP contribution in [0.1, 0.15) is 24.0 Å². The topological polar surface area (TPSA) is 12.0 Å². The summed E-state index contributed by atoms with van der Waals surface area (Å²) in [6.45, 7) is 0. The highest BCUT2D eigenvalue weighted by Gasteiger charge is 2.09. The fourth-order valence-corrected chi connectivity index (χ4v) is 2.50. The van der Waals surface area contributed by atoms with Gasteiger partial charge in [0.15, 0.2) is 11.6 Å². The lowest BCUT2D eigenvalue weighted by Gasteiger charge is -2.16. The van der Waals surface area contributed by atoms with Crippen molar-refractivity contribution >= 4 is 0 Å². The maximum absolute atomic E-state index is 13.2. The van der Waals surface area contributed by atoms with Crippen molar-refractivity contribution in [2.24, 2.45) is 0 Å². The van der Waals surface area contributed by atoms with E-state index in [1.165, 1.54) is 17.7 Å². The second-order valence-corrected chi connectivity index (χ2v) is 5.32. The SMILES string of the molecule is CNC(CCCc1ccccc1)Cc1ccc(F)c(F)c1. The van der Waals surface area contributed by atoms with Crippen LogP contribution < -0.4 is 5.32 Å². The zero-order valence-electron chi connectivity index (χ0n) is 12.3. The van der Waals surface area contributed by atoms with Crippen molar-refractivity contribution in [3.8, 4) is 0 Å². The van der Waals surface area contributed by atoms with Gasteiger partial charge in [-0.2, -0.15) is 0 Å². The minimum Gasteiger partial charge on any atom is -0.317 e. The molecule has 0 heterocycles. The highest BCUT2D eigenvalue weighted by Crippen LogP contribution is 2.13. The van der Waals surface area contributed by atoms with E-state index in [-0.39, 0.29) is 6.04 Å². The van der Waals surface area contributed by atoms with Crippen molar-refractivity contribution in [2.45, 2.75) is 31.7 Å². The predicted molar refractivity (Wildman–Crippen MR) is 82.3 cm³/mol. The first kappa shape index (κ1) is 15.6. The van der Waals surface area contributed by atoms with E-state index < -0.39 is 11.6 Å². The summed E-state index contributed by atoms with van der Waals surface area (Å²) in [5, 5.41) is 3.25. The largest absolute Gasteiger partial charge is 0.317 e. The van der Waals surface area contributed by atoms with E-state index in [9.17, 15) is 8.78 Å². The van der Waals surface area contributed by atoms with Crippen LogP contribution in [0.3, 0.4) is 0 Å². The zero-order valence-corrected chi connectivity index (χ0v) is 12.3. The summed E-state index contributed by atoms with van der Waals surface area (Å²) in [6.07, 6.45) is 3.82. The summed E-state index contributed by atoms with van der Waals surface area (Å²) >= 11 is 0. The average molecular weight is 289 g/mol. The van der Waals surface area contributed by atoms with Gasteiger partial charge in [0.05, 0.1) is 0 Å². The standard InChI is InChI=1S/C18H21F2N/c1-21-16(9-5-8-14-6-3-2-4-7-14)12-15-10-11-17(19)18(20)13-15/h2-4,6-7,10-11,13,16,21H,5,8-9,12H2,1H3. The van der Waals surface area contributed by atoms with Crippen LogP contribution in [0.4, 0.5) is 8.78 Å². The molecule has 0 aliphatic carbocycles. The highest BCUT2D eigenvalue weighted by molar-refractivity contribution is 5.19. The number of nitrogens with one attached hydrogen (secondary N) is 1. The molecule has 3 heteroatoms. The van der Waals surface area contributed by atoms with E-state index in [0.29, 0.717) is 6.42 Å². The molecule has 0 aliphatic heterocycles. The van der Waals surface area contributed by atoms with E-state index in [2.05, 4.69) is 17.4 Å². The second-order valence-electron chi connectivity index (χ2n) is 5.32. The number of likely N-dealkylation sites (N-methyl/N-ethyl adjacent to an activating group) is 1. The maximum Gasteiger partial charge on any atom is 0.159 e. The molecule has 0 saturated heterocycles. The minimum absolute atomic E-state index is 0.276. The second kappa shape index (κ2) is 7.89. The lowest BCUT2D eigenvalue weighted by Crippen LogP contribution is -2.27. The smallest absolute Gasteiger partial charge is 0.159 e. The number of rotatable bonds is 7. The molecular weight excluding hydrogens is 268 g/mol. The molecule has 2 aromatic carbocycles. The summed E-state index contributed by atoms with van der Waals surface area (Å²) in [7, 11) is 1.91. The zero-order chi connectivity index (χ0) is 15.1. The van der Waals surface area contributed by atoms with Gasteiger partial charge >= 0.3 is 0 Å². The molecule has 1 unspecified atom stereocenters. The molecule has 1 nitrogen and oxygen atoms in total. The van der Waals surface area contributed by atoms with Crippen LogP contribution in [-0.2, 0) is 12.8 Å². The predicted octanol–water partition coefficient (Wildman–Crippen LogP) is 4.12. The van der Waals surface area contributed by atoms with Crippen molar-refractivity contribution in [2.75, 3.05) is 7.05 Å². The van der Waals surface area contributed by atoms with Crippen LogP contribution >= 0.6 is 0 Å². The summed E-state index contributed by atoms with van der Waals surface area (Å²) in [6, 6.07) is 14.8. The lowest BCUT2D eigenvalue weighted by molar-refractivity contribution is 0.490. The van der Waals surface area contributed by atoms with E-state index >= 15 is 0 Å². The third-order valence-corrected chi connectivity index (χ3v) is 3.74. The van der Waals surface area contributed by atoms with Crippen LogP contribution in [0.5, 0.6) is 0 Å². The molecule has 0 fully saturated rings. The molecule has 0 amide bonds. The molecule has 2 rings (SSSR count). The van der Waals surface area contributed by atoms with Gasteiger partial charge in [0.25, 0.3) is 0 Å². The Morgan fingerprint density at radius 2 is 1.71 bits per heavy atom. The number of hydrogen-bond acceptors (Lipinski definition) is 1. The molecule has 0 radical (unpaired) electrons. The number of halogens is 2. The molecule has 112 valence electrons. The van der Waals surface area contributed by atoms with Crippen molar-refractivity contribution in [3.05, 3.63) is 71.3 Å². The molecule has 1 N–H and O–H groups in total. The van der Waals surface area contributed by atoms with Crippen molar-refractivity contribution in [3.63, 3.8) is 0 Å². The molecule has 0 aromatic heterocycles. The first-order chi connectivity index (χ1) is 10.2. The first-order valence-corrected chi connectivity index (χ1v) is 7.34. The van der Waals surface area contributed by atoms with Gasteiger partial charge in [-0.1, -0.05) is 36.4 Å². The minimum atomic E-state index is -0.788. The van der Waals surface area contributed by atoms with Gasteiger partial charge < -0.3 is 5.32 Å². The Labute approximate surface area is 125 Å². The van der Waals surface area contributed by atoms with Crippen LogP contribution in [0.15, 0.2) is 48.5 Å². The molecule has 0 bridgehead atoms. The van der Waals surface area contributed by atoms with Crippen LogP contribution in [0.25, 0.3) is 0 Å². The third kappa shape index (κ3) is 4.94. The molecule has 1 atom stereocenters. The number of aryl methyl sites for hydroxylation is 1. The van der Waals surface area contributed by atoms with Gasteiger partial charge in [0.1, 0.15) is 0 Å². The average Bonchev–Trinajstić information content (AvgIpc) is 2.51. The maximum atomic E-state index is 13.2. The summed E-state index contributed by atoms with van der Waals surface area (Å²) in [4.78, 5) is 0. The normalized spacial score (nSPS) is 12.3. The van der Waals surface area contributed by atoms with E-state index in [0.717, 1.165) is 24.8 Å². The Hall–Kier alpha value is -1.74. The lowest BCUT2D eigenvalue weighted by atomic mass is 9.99. The first-order valence-electron chi connectivity index (χ1n) is 7.34. The molecule has 2 aromatic rings. The van der Waals surface area contributed by atoms with Gasteiger partial charge in [-0.3, -0.25) is 0 Å². The molecule has 0 saturated carbocycles. The van der Waals surface area contributed by atoms with Crippen molar-refractivity contribution in [1.29, 1.82) is 0 Å². The summed E-state index contributed by atoms with van der Waals surface area (Å²) in [5.74, 6) is -1.56. The van der Waals surface area contributed by atoms with E-state index in [1.807, 2.05) is 25.2 Å². The monoisotopic (exact) mass is 289 g/mol. The summed E-state index contributed by atoms with van der Waals surface area (Å²) in [5.41, 5.74) is 2.16. The van der Waals surface area contributed by atoms with Gasteiger partial charge in [0.2, 0.25) is 0 Å². The van der Waals surface area contributed by atoms with E-state index in [1.54, 1.807) is 6.07 Å². The Bertz CT molecular complexity index is 554. The van der Waals surface area contributed by atoms with Crippen molar-refractivity contribution in [1.82, 2.24) is 5.32 Å².